The van der Waals surface area contributed by atoms with Gasteiger partial charge in [0.1, 0.15) is 41.8 Å². The number of aromatic nitrogens is 1. The van der Waals surface area contributed by atoms with Gasteiger partial charge in [-0.15, -0.1) is 11.8 Å². The number of benzene rings is 3. The molecular weight excluding hydrogens is 670 g/mol. The Morgan fingerprint density at radius 1 is 1.07 bits per heavy atom. The first-order chi connectivity index (χ1) is 21.3. The van der Waals surface area contributed by atoms with E-state index in [0.717, 1.165) is 21.1 Å². The van der Waals surface area contributed by atoms with Crippen LogP contribution in [-0.2, 0) is 32.1 Å². The van der Waals surface area contributed by atoms with Crippen molar-refractivity contribution in [2.24, 2.45) is 0 Å². The van der Waals surface area contributed by atoms with Gasteiger partial charge in [0, 0.05) is 22.0 Å². The van der Waals surface area contributed by atoms with Crippen LogP contribution in [0.15, 0.2) is 88.7 Å². The second-order valence-corrected chi connectivity index (χ2v) is 12.6. The fourth-order valence-corrected chi connectivity index (χ4v) is 7.05. The molecule has 4 aromatic rings. The Morgan fingerprint density at radius 3 is 2.59 bits per heavy atom. The van der Waals surface area contributed by atoms with Gasteiger partial charge in [0.05, 0.1) is 29.5 Å². The third kappa shape index (κ3) is 6.04. The molecule has 1 aromatic heterocycles. The maximum absolute atomic E-state index is 13.6. The number of fused-ring (bicyclic) bond motifs is 2. The van der Waals surface area contributed by atoms with Crippen molar-refractivity contribution >= 4 is 68.0 Å². The number of aromatic amines is 1. The molecule has 2 unspecified atom stereocenters. The second-order valence-electron chi connectivity index (χ2n) is 10.2. The summed E-state index contributed by atoms with van der Waals surface area (Å²) >= 11 is 11.4. The topological polar surface area (TPSA) is 110 Å². The number of rotatable bonds is 10. The number of ether oxygens (including phenoxy) is 3. The van der Waals surface area contributed by atoms with Crippen LogP contribution in [0.2, 0.25) is 5.02 Å². The van der Waals surface area contributed by atoms with Gasteiger partial charge in [-0.3, -0.25) is 14.5 Å². The Hall–Kier alpha value is -3.93. The van der Waals surface area contributed by atoms with Crippen molar-refractivity contribution in [2.75, 3.05) is 19.5 Å². The van der Waals surface area contributed by atoms with Gasteiger partial charge in [-0.2, -0.15) is 0 Å². The molecule has 0 spiro atoms. The molecule has 6 rings (SSSR count). The third-order valence-corrected chi connectivity index (χ3v) is 10.0. The van der Waals surface area contributed by atoms with Crippen LogP contribution in [0.5, 0.6) is 11.5 Å². The van der Waals surface area contributed by atoms with E-state index in [0.29, 0.717) is 33.2 Å². The average Bonchev–Trinajstić information content (AvgIpc) is 3.47. The Balaban J connectivity index is 1.22. The summed E-state index contributed by atoms with van der Waals surface area (Å²) in [6.07, 6.45) is 1.86. The molecule has 12 heteroatoms. The summed E-state index contributed by atoms with van der Waals surface area (Å²) in [5.41, 5.74) is 3.13. The SMILES string of the molecule is COc1ccc(COC(=O)C2=C(COc3c[nH]c4ccc(Br)c(Cl)c34)CSC3C(NC(=O)Cc4ccccc4)C(=O)N23)cc1. The van der Waals surface area contributed by atoms with Crippen LogP contribution in [-0.4, -0.2) is 58.6 Å². The van der Waals surface area contributed by atoms with Gasteiger partial charge in [0.2, 0.25) is 5.91 Å². The molecule has 3 aromatic carbocycles. The molecule has 1 saturated heterocycles. The van der Waals surface area contributed by atoms with E-state index in [-0.39, 0.29) is 37.1 Å². The lowest BCUT2D eigenvalue weighted by atomic mass is 10.0. The molecule has 0 bridgehead atoms. The van der Waals surface area contributed by atoms with Crippen LogP contribution < -0.4 is 14.8 Å². The van der Waals surface area contributed by atoms with Gasteiger partial charge in [-0.25, -0.2) is 4.79 Å². The minimum Gasteiger partial charge on any atom is -0.497 e. The zero-order chi connectivity index (χ0) is 30.8. The fourth-order valence-electron chi connectivity index (χ4n) is 5.13. The maximum Gasteiger partial charge on any atom is 0.355 e. The molecule has 2 N–H and O–H groups in total. The maximum atomic E-state index is 13.6. The molecular formula is C32H27BrClN3O6S. The van der Waals surface area contributed by atoms with E-state index in [1.54, 1.807) is 37.6 Å². The number of hydrogen-bond donors (Lipinski definition) is 2. The van der Waals surface area contributed by atoms with Crippen molar-refractivity contribution < 1.29 is 28.6 Å². The quantitative estimate of drug-likeness (QED) is 0.164. The van der Waals surface area contributed by atoms with E-state index in [2.05, 4.69) is 26.2 Å². The number of β-lactam (4-membered cyclic amide) rings is 1. The summed E-state index contributed by atoms with van der Waals surface area (Å²) in [5, 5.41) is 3.60. The van der Waals surface area contributed by atoms with Crippen molar-refractivity contribution in [1.82, 2.24) is 15.2 Å². The lowest BCUT2D eigenvalue weighted by Crippen LogP contribution is -2.70. The van der Waals surface area contributed by atoms with E-state index < -0.39 is 17.4 Å². The summed E-state index contributed by atoms with van der Waals surface area (Å²) in [6, 6.07) is 19.4. The predicted molar refractivity (Wildman–Crippen MR) is 171 cm³/mol. The highest BCUT2D eigenvalue weighted by Gasteiger charge is 2.54. The highest BCUT2D eigenvalue weighted by Crippen LogP contribution is 2.42. The summed E-state index contributed by atoms with van der Waals surface area (Å²) in [5.74, 6) is 0.303. The fraction of sp³-hybridized carbons (Fsp3) is 0.219. The molecule has 44 heavy (non-hydrogen) atoms. The number of methoxy groups -OCH3 is 1. The molecule has 0 radical (unpaired) electrons. The van der Waals surface area contributed by atoms with Crippen molar-refractivity contribution in [3.63, 3.8) is 0 Å². The monoisotopic (exact) mass is 695 g/mol. The zero-order valence-electron chi connectivity index (χ0n) is 23.5. The van der Waals surface area contributed by atoms with Gasteiger partial charge in [0.25, 0.3) is 5.91 Å². The molecule has 9 nitrogen and oxygen atoms in total. The van der Waals surface area contributed by atoms with Gasteiger partial charge in [-0.1, -0.05) is 54.1 Å². The second kappa shape index (κ2) is 13.0. The van der Waals surface area contributed by atoms with Crippen molar-refractivity contribution in [2.45, 2.75) is 24.4 Å². The minimum atomic E-state index is -0.757. The average molecular weight is 697 g/mol. The van der Waals surface area contributed by atoms with Crippen LogP contribution in [0.25, 0.3) is 10.9 Å². The normalized spacial score (nSPS) is 17.6. The van der Waals surface area contributed by atoms with Gasteiger partial charge in [-0.05, 0) is 51.3 Å². The van der Waals surface area contributed by atoms with E-state index in [1.165, 1.54) is 16.7 Å². The molecule has 2 atom stereocenters. The first-order valence-corrected chi connectivity index (χ1v) is 15.9. The number of nitrogens with zero attached hydrogens (tertiary/aromatic N) is 1. The smallest absolute Gasteiger partial charge is 0.355 e. The number of halogens is 2. The molecule has 0 saturated carbocycles. The molecule has 1 fully saturated rings. The Morgan fingerprint density at radius 2 is 1.84 bits per heavy atom. The summed E-state index contributed by atoms with van der Waals surface area (Å²) in [6.45, 7) is 0.0287. The summed E-state index contributed by atoms with van der Waals surface area (Å²) < 4.78 is 17.8. The van der Waals surface area contributed by atoms with E-state index >= 15 is 0 Å². The number of amides is 2. The van der Waals surface area contributed by atoms with Crippen LogP contribution in [0.3, 0.4) is 0 Å². The molecule has 0 aliphatic carbocycles. The van der Waals surface area contributed by atoms with Crippen LogP contribution in [0.1, 0.15) is 11.1 Å². The van der Waals surface area contributed by atoms with Crippen LogP contribution in [0.4, 0.5) is 0 Å². The van der Waals surface area contributed by atoms with E-state index in [1.807, 2.05) is 42.5 Å². The Bertz CT molecular complexity index is 1760. The number of carbonyl (C=O) groups is 3. The van der Waals surface area contributed by atoms with Crippen molar-refractivity contribution in [3.8, 4) is 11.5 Å². The zero-order valence-corrected chi connectivity index (χ0v) is 26.6. The molecule has 2 aliphatic rings. The number of H-pyrrole nitrogens is 1. The first-order valence-electron chi connectivity index (χ1n) is 13.7. The van der Waals surface area contributed by atoms with E-state index in [9.17, 15) is 14.4 Å². The van der Waals surface area contributed by atoms with Gasteiger partial charge in [0.15, 0.2) is 0 Å². The summed E-state index contributed by atoms with van der Waals surface area (Å²) in [7, 11) is 1.58. The van der Waals surface area contributed by atoms with Crippen LogP contribution in [0, 0.1) is 0 Å². The number of thioether (sulfide) groups is 1. The van der Waals surface area contributed by atoms with E-state index in [4.69, 9.17) is 25.8 Å². The minimum absolute atomic E-state index is 0.00360. The first kappa shape index (κ1) is 30.1. The summed E-state index contributed by atoms with van der Waals surface area (Å²) in [4.78, 5) is 44.4. The molecule has 2 amide bonds. The van der Waals surface area contributed by atoms with Gasteiger partial charge < -0.3 is 24.5 Å². The number of carbonyl (C=O) groups excluding carboxylic acids is 3. The molecule has 226 valence electrons. The highest BCUT2D eigenvalue weighted by molar-refractivity contribution is 9.10. The molecule has 3 heterocycles. The number of esters is 1. The highest BCUT2D eigenvalue weighted by atomic mass is 79.9. The van der Waals surface area contributed by atoms with Crippen LogP contribution >= 0.6 is 39.3 Å². The lowest BCUT2D eigenvalue weighted by Gasteiger charge is -2.49. The Kier molecular flexibility index (Phi) is 8.88. The van der Waals surface area contributed by atoms with Crippen molar-refractivity contribution in [1.29, 1.82) is 0 Å². The third-order valence-electron chi connectivity index (χ3n) is 7.40. The number of nitrogens with one attached hydrogen (secondary N) is 2. The number of hydrogen-bond acceptors (Lipinski definition) is 7. The lowest BCUT2D eigenvalue weighted by molar-refractivity contribution is -0.153. The Labute approximate surface area is 271 Å². The predicted octanol–water partition coefficient (Wildman–Crippen LogP) is 5.61. The van der Waals surface area contributed by atoms with Gasteiger partial charge >= 0.3 is 5.97 Å². The molecule has 2 aliphatic heterocycles. The standard InChI is InChI=1S/C32H27BrClN3O6S/c1-41-21-9-7-19(8-10-21)15-43-32(40)29-20(16-42-24-14-35-23-12-11-22(33)27(34)26(23)24)17-44-31-28(30(39)37(29)31)36-25(38)13-18-5-3-2-4-6-18/h2-12,14,28,31,35H,13,15-17H2,1H3,(H,36,38). The van der Waals surface area contributed by atoms with Crippen molar-refractivity contribution in [3.05, 3.63) is 105 Å². The largest absolute Gasteiger partial charge is 0.497 e.